The van der Waals surface area contributed by atoms with Crippen molar-refractivity contribution in [3.63, 3.8) is 0 Å². The summed E-state index contributed by atoms with van der Waals surface area (Å²) in [5.74, 6) is -1.89. The van der Waals surface area contributed by atoms with Gasteiger partial charge in [0.25, 0.3) is 0 Å². The zero-order valence-corrected chi connectivity index (χ0v) is 11.2. The Morgan fingerprint density at radius 3 is 2.55 bits per heavy atom. The molecular weight excluding hydrogens is 292 g/mol. The molecule has 0 aliphatic rings. The Balaban J connectivity index is 2.46. The summed E-state index contributed by atoms with van der Waals surface area (Å²) in [7, 11) is 0. The molecule has 0 saturated heterocycles. The number of rotatable bonds is 3. The number of hydrogen-bond acceptors (Lipinski definition) is 2. The number of aryl methyl sites for hydroxylation is 1. The molecule has 0 N–H and O–H groups in total. The summed E-state index contributed by atoms with van der Waals surface area (Å²) in [6.45, 7) is 1.85. The first-order chi connectivity index (χ1) is 9.34. The zero-order valence-electron chi connectivity index (χ0n) is 10.4. The molecule has 0 aliphatic carbocycles. The Morgan fingerprint density at radius 1 is 1.25 bits per heavy atom. The Hall–Kier alpha value is -1.69. The minimum atomic E-state index is -4.82. The first-order valence-electron chi connectivity index (χ1n) is 5.82. The van der Waals surface area contributed by atoms with Gasteiger partial charge in [-0.15, -0.1) is 11.3 Å². The summed E-state index contributed by atoms with van der Waals surface area (Å²) >= 11 is 1.17. The van der Waals surface area contributed by atoms with Crippen LogP contribution in [0.25, 0.3) is 0 Å². The first-order valence-corrected chi connectivity index (χ1v) is 6.70. The van der Waals surface area contributed by atoms with Crippen LogP contribution in [0.3, 0.4) is 0 Å². The third-order valence-electron chi connectivity index (χ3n) is 2.87. The number of benzene rings is 1. The molecule has 1 aromatic carbocycles. The van der Waals surface area contributed by atoms with Crippen LogP contribution < -0.4 is 0 Å². The molecule has 0 amide bonds. The Kier molecular flexibility index (Phi) is 3.94. The molecule has 1 nitrogen and oxygen atoms in total. The second-order valence-corrected chi connectivity index (χ2v) is 5.07. The van der Waals surface area contributed by atoms with Crippen molar-refractivity contribution in [1.29, 1.82) is 0 Å². The van der Waals surface area contributed by atoms with Crippen molar-refractivity contribution in [1.82, 2.24) is 0 Å². The van der Waals surface area contributed by atoms with Gasteiger partial charge in [0.05, 0.1) is 10.4 Å². The maximum absolute atomic E-state index is 13.2. The minimum Gasteiger partial charge on any atom is -0.288 e. The van der Waals surface area contributed by atoms with Gasteiger partial charge >= 0.3 is 6.18 Å². The van der Waals surface area contributed by atoms with E-state index in [0.717, 1.165) is 11.6 Å². The lowest BCUT2D eigenvalue weighted by Crippen LogP contribution is -2.11. The fourth-order valence-corrected chi connectivity index (χ4v) is 2.79. The molecule has 0 bridgehead atoms. The van der Waals surface area contributed by atoms with Crippen LogP contribution in [0.4, 0.5) is 17.6 Å². The second kappa shape index (κ2) is 5.36. The van der Waals surface area contributed by atoms with Gasteiger partial charge in [-0.05, 0) is 41.6 Å². The molecule has 2 rings (SSSR count). The molecule has 0 aliphatic heterocycles. The van der Waals surface area contributed by atoms with Crippen molar-refractivity contribution in [2.75, 3.05) is 0 Å². The highest BCUT2D eigenvalue weighted by Gasteiger charge is 2.34. The summed E-state index contributed by atoms with van der Waals surface area (Å²) in [5.41, 5.74) is -0.799. The zero-order chi connectivity index (χ0) is 14.9. The predicted octanol–water partition coefficient (Wildman–Crippen LogP) is 4.70. The Bertz CT molecular complexity index is 643. The van der Waals surface area contributed by atoms with Crippen LogP contribution in [0.2, 0.25) is 0 Å². The average molecular weight is 302 g/mol. The largest absolute Gasteiger partial charge is 0.419 e. The number of carbonyl (C=O) groups is 1. The number of ketones is 1. The predicted molar refractivity (Wildman–Crippen MR) is 68.5 cm³/mol. The van der Waals surface area contributed by atoms with E-state index in [4.69, 9.17) is 0 Å². The van der Waals surface area contributed by atoms with E-state index in [9.17, 15) is 22.4 Å². The topological polar surface area (TPSA) is 17.1 Å². The van der Waals surface area contributed by atoms with Gasteiger partial charge < -0.3 is 0 Å². The van der Waals surface area contributed by atoms with Crippen molar-refractivity contribution in [3.05, 3.63) is 57.0 Å². The van der Waals surface area contributed by atoms with Gasteiger partial charge in [-0.1, -0.05) is 6.92 Å². The maximum Gasteiger partial charge on any atom is 0.419 e. The van der Waals surface area contributed by atoms with Gasteiger partial charge in [0.1, 0.15) is 5.82 Å². The van der Waals surface area contributed by atoms with Gasteiger partial charge in [-0.2, -0.15) is 13.2 Å². The molecule has 0 radical (unpaired) electrons. The lowest BCUT2D eigenvalue weighted by Gasteiger charge is -2.09. The molecule has 0 unspecified atom stereocenters. The lowest BCUT2D eigenvalue weighted by atomic mass is 10.0. The normalized spacial score (nSPS) is 11.7. The molecule has 106 valence electrons. The summed E-state index contributed by atoms with van der Waals surface area (Å²) in [4.78, 5) is 12.6. The molecule has 0 saturated carbocycles. The Morgan fingerprint density at radius 2 is 1.95 bits per heavy atom. The highest BCUT2D eigenvalue weighted by Crippen LogP contribution is 2.32. The maximum atomic E-state index is 13.2. The highest BCUT2D eigenvalue weighted by molar-refractivity contribution is 7.12. The van der Waals surface area contributed by atoms with Crippen LogP contribution >= 0.6 is 11.3 Å². The SMILES string of the molecule is CCc1ccsc1C(=O)c1ccc(F)c(C(F)(F)F)c1. The van der Waals surface area contributed by atoms with E-state index in [1.54, 1.807) is 11.4 Å². The molecule has 20 heavy (non-hydrogen) atoms. The van der Waals surface area contributed by atoms with E-state index in [-0.39, 0.29) is 5.56 Å². The van der Waals surface area contributed by atoms with Crippen LogP contribution in [-0.4, -0.2) is 5.78 Å². The van der Waals surface area contributed by atoms with Gasteiger partial charge in [-0.3, -0.25) is 4.79 Å². The highest BCUT2D eigenvalue weighted by atomic mass is 32.1. The number of halogens is 4. The summed E-state index contributed by atoms with van der Waals surface area (Å²) in [5, 5.41) is 1.71. The van der Waals surface area contributed by atoms with Crippen molar-refractivity contribution in [2.24, 2.45) is 0 Å². The number of alkyl halides is 3. The average Bonchev–Trinajstić information content (AvgIpc) is 2.85. The number of carbonyl (C=O) groups excluding carboxylic acids is 1. The smallest absolute Gasteiger partial charge is 0.288 e. The fraction of sp³-hybridized carbons (Fsp3) is 0.214. The van der Waals surface area contributed by atoms with E-state index >= 15 is 0 Å². The molecule has 0 spiro atoms. The van der Waals surface area contributed by atoms with Crippen molar-refractivity contribution in [3.8, 4) is 0 Å². The monoisotopic (exact) mass is 302 g/mol. The van der Waals surface area contributed by atoms with Crippen LogP contribution in [0.5, 0.6) is 0 Å². The molecule has 0 atom stereocenters. The molecule has 1 heterocycles. The summed E-state index contributed by atoms with van der Waals surface area (Å²) in [6.07, 6.45) is -4.21. The second-order valence-electron chi connectivity index (χ2n) is 4.15. The van der Waals surface area contributed by atoms with Gasteiger partial charge in [0.15, 0.2) is 0 Å². The fourth-order valence-electron chi connectivity index (χ4n) is 1.83. The Labute approximate surface area is 116 Å². The third-order valence-corrected chi connectivity index (χ3v) is 3.82. The van der Waals surface area contributed by atoms with E-state index in [1.807, 2.05) is 6.92 Å². The van der Waals surface area contributed by atoms with Crippen molar-refractivity contribution in [2.45, 2.75) is 19.5 Å². The molecule has 2 aromatic rings. The summed E-state index contributed by atoms with van der Waals surface area (Å²) < 4.78 is 51.1. The quantitative estimate of drug-likeness (QED) is 0.593. The van der Waals surface area contributed by atoms with Crippen LogP contribution in [-0.2, 0) is 12.6 Å². The third kappa shape index (κ3) is 2.75. The number of thiophene rings is 1. The molecule has 1 aromatic heterocycles. The number of hydrogen-bond donors (Lipinski definition) is 0. The van der Waals surface area contributed by atoms with Crippen LogP contribution in [0.1, 0.15) is 33.3 Å². The van der Waals surface area contributed by atoms with E-state index in [2.05, 4.69) is 0 Å². The van der Waals surface area contributed by atoms with Gasteiger partial charge in [-0.25, -0.2) is 4.39 Å². The molecular formula is C14H10F4OS. The standard InChI is InChI=1S/C14H10F4OS/c1-2-8-5-6-20-13(8)12(19)9-3-4-11(15)10(7-9)14(16,17)18/h3-7H,2H2,1H3. The van der Waals surface area contributed by atoms with Gasteiger partial charge in [0.2, 0.25) is 5.78 Å². The van der Waals surface area contributed by atoms with E-state index in [0.29, 0.717) is 23.4 Å². The van der Waals surface area contributed by atoms with Crippen molar-refractivity contribution < 1.29 is 22.4 Å². The first kappa shape index (κ1) is 14.7. The van der Waals surface area contributed by atoms with Gasteiger partial charge in [0, 0.05) is 5.56 Å². The van der Waals surface area contributed by atoms with Crippen molar-refractivity contribution >= 4 is 17.1 Å². The van der Waals surface area contributed by atoms with E-state index < -0.39 is 23.3 Å². The van der Waals surface area contributed by atoms with E-state index in [1.165, 1.54) is 11.3 Å². The molecule has 6 heteroatoms. The molecule has 0 fully saturated rings. The minimum absolute atomic E-state index is 0.157. The summed E-state index contributed by atoms with van der Waals surface area (Å²) in [6, 6.07) is 4.07. The van der Waals surface area contributed by atoms with Crippen LogP contribution in [0, 0.1) is 5.82 Å². The lowest BCUT2D eigenvalue weighted by molar-refractivity contribution is -0.140. The van der Waals surface area contributed by atoms with Crippen LogP contribution in [0.15, 0.2) is 29.6 Å².